The lowest BCUT2D eigenvalue weighted by atomic mass is 10.1. The van der Waals surface area contributed by atoms with Gasteiger partial charge in [0, 0.05) is 33.5 Å². The Hall–Kier alpha value is -3.71. The van der Waals surface area contributed by atoms with Gasteiger partial charge in [0.2, 0.25) is 10.9 Å². The first-order valence-corrected chi connectivity index (χ1v) is 12.7. The van der Waals surface area contributed by atoms with Gasteiger partial charge in [-0.3, -0.25) is 10.1 Å². The minimum atomic E-state index is -0.825. The van der Waals surface area contributed by atoms with Crippen LogP contribution in [0.3, 0.4) is 0 Å². The highest BCUT2D eigenvalue weighted by molar-refractivity contribution is 7.18. The molecule has 0 bridgehead atoms. The average molecular weight is 560 g/mol. The fourth-order valence-electron chi connectivity index (χ4n) is 3.61. The van der Waals surface area contributed by atoms with Crippen molar-refractivity contribution in [3.05, 3.63) is 75.4 Å². The zero-order chi connectivity index (χ0) is 27.1. The molecule has 0 aliphatic rings. The first kappa shape index (κ1) is 27.3. The lowest BCUT2D eigenvalue weighted by Crippen LogP contribution is -2.22. The Labute approximate surface area is 227 Å². The molecule has 0 saturated heterocycles. The molecule has 0 fully saturated rings. The number of carbonyl (C=O) groups excluding carboxylic acids is 1. The number of nitrogens with zero attached hydrogens (tertiary/aromatic N) is 3. The Morgan fingerprint density at radius 3 is 2.63 bits per heavy atom. The molecule has 13 heteroatoms. The van der Waals surface area contributed by atoms with E-state index in [9.17, 15) is 9.59 Å². The number of aromatic nitrogens is 3. The number of hydrogen-bond acceptors (Lipinski definition) is 10. The first-order chi connectivity index (χ1) is 18.4. The van der Waals surface area contributed by atoms with Gasteiger partial charge < -0.3 is 28.5 Å². The van der Waals surface area contributed by atoms with Crippen LogP contribution in [0, 0.1) is 0 Å². The van der Waals surface area contributed by atoms with Crippen molar-refractivity contribution in [3.63, 3.8) is 0 Å². The molecule has 3 heterocycles. The van der Waals surface area contributed by atoms with E-state index in [1.807, 2.05) is 37.4 Å². The maximum Gasteiger partial charge on any atom is 0.381 e. The Morgan fingerprint density at radius 1 is 1.16 bits per heavy atom. The summed E-state index contributed by atoms with van der Waals surface area (Å²) in [5.41, 5.74) is 1.03. The average Bonchev–Trinajstić information content (AvgIpc) is 3.50. The standard InChI is InChI=1S/C25H26ClN5O6S/c1-31-10-9-16(26)20(31)23-29-30-25(38-23)28-22(32)19-13-17(21(24(33)37-19)36-12-11-34-2)27-18(14-35-3)15-7-5-4-6-8-15/h4-10,13,18,27H,11-12,14H2,1-3H3,(H,28,30,32)/t18-/m0/s1. The third kappa shape index (κ3) is 6.40. The summed E-state index contributed by atoms with van der Waals surface area (Å²) in [7, 11) is 4.92. The maximum absolute atomic E-state index is 13.1. The molecule has 38 heavy (non-hydrogen) atoms. The quantitative estimate of drug-likeness (QED) is 0.245. The van der Waals surface area contributed by atoms with Crippen molar-refractivity contribution in [2.24, 2.45) is 7.05 Å². The summed E-state index contributed by atoms with van der Waals surface area (Å²) in [5, 5.41) is 15.2. The van der Waals surface area contributed by atoms with Crippen molar-refractivity contribution in [2.45, 2.75) is 6.04 Å². The Balaban J connectivity index is 1.62. The van der Waals surface area contributed by atoms with Crippen molar-refractivity contribution in [3.8, 4) is 16.5 Å². The van der Waals surface area contributed by atoms with Gasteiger partial charge in [-0.1, -0.05) is 53.3 Å². The van der Waals surface area contributed by atoms with Crippen LogP contribution in [0.4, 0.5) is 10.8 Å². The highest BCUT2D eigenvalue weighted by Gasteiger charge is 2.22. The van der Waals surface area contributed by atoms with Gasteiger partial charge in [-0.25, -0.2) is 4.79 Å². The van der Waals surface area contributed by atoms with E-state index in [4.69, 9.17) is 30.2 Å². The molecule has 4 aromatic rings. The largest absolute Gasteiger partial charge is 0.483 e. The van der Waals surface area contributed by atoms with Gasteiger partial charge in [0.05, 0.1) is 35.7 Å². The van der Waals surface area contributed by atoms with E-state index in [2.05, 4.69) is 20.8 Å². The van der Waals surface area contributed by atoms with Crippen molar-refractivity contribution >= 4 is 39.7 Å². The number of methoxy groups -OCH3 is 2. The SMILES string of the molecule is COCCOc1c(N[C@@H](COC)c2ccccc2)cc(C(=O)Nc2nnc(-c3c(Cl)ccn3C)s2)oc1=O. The normalized spacial score (nSPS) is 11.8. The second kappa shape index (κ2) is 12.7. The van der Waals surface area contributed by atoms with Crippen molar-refractivity contribution in [2.75, 3.05) is 44.7 Å². The molecule has 1 aromatic carbocycles. The molecule has 0 radical (unpaired) electrons. The van der Waals surface area contributed by atoms with Gasteiger partial charge in [0.25, 0.3) is 5.91 Å². The number of nitrogens with one attached hydrogen (secondary N) is 2. The van der Waals surface area contributed by atoms with Crippen molar-refractivity contribution < 1.29 is 23.4 Å². The summed E-state index contributed by atoms with van der Waals surface area (Å²) in [5.74, 6) is -1.00. The summed E-state index contributed by atoms with van der Waals surface area (Å²) in [6, 6.07) is 12.3. The van der Waals surface area contributed by atoms with Crippen LogP contribution in [0.25, 0.3) is 10.7 Å². The van der Waals surface area contributed by atoms with Crippen molar-refractivity contribution in [1.29, 1.82) is 0 Å². The van der Waals surface area contributed by atoms with Gasteiger partial charge >= 0.3 is 5.63 Å². The van der Waals surface area contributed by atoms with E-state index in [-0.39, 0.29) is 41.6 Å². The van der Waals surface area contributed by atoms with E-state index in [0.717, 1.165) is 16.9 Å². The number of benzene rings is 1. The number of rotatable bonds is 12. The molecule has 0 aliphatic carbocycles. The fraction of sp³-hybridized carbons (Fsp3) is 0.280. The molecule has 2 N–H and O–H groups in total. The first-order valence-electron chi connectivity index (χ1n) is 11.5. The van der Waals surface area contributed by atoms with Crippen LogP contribution in [-0.2, 0) is 16.5 Å². The minimum absolute atomic E-state index is 0.0767. The molecule has 0 spiro atoms. The number of halogens is 1. The number of aryl methyl sites for hydroxylation is 1. The molecule has 200 valence electrons. The Bertz CT molecular complexity index is 1420. The molecule has 0 saturated carbocycles. The van der Waals surface area contributed by atoms with Gasteiger partial charge in [0.1, 0.15) is 6.61 Å². The second-order valence-corrected chi connectivity index (χ2v) is 9.42. The highest BCUT2D eigenvalue weighted by Crippen LogP contribution is 2.33. The molecular formula is C25H26ClN5O6S. The predicted octanol–water partition coefficient (Wildman–Crippen LogP) is 4.23. The Kier molecular flexibility index (Phi) is 9.13. The highest BCUT2D eigenvalue weighted by atomic mass is 35.5. The number of carbonyl (C=O) groups is 1. The van der Waals surface area contributed by atoms with Crippen molar-refractivity contribution in [1.82, 2.24) is 14.8 Å². The van der Waals surface area contributed by atoms with Crippen LogP contribution in [-0.4, -0.2) is 54.7 Å². The van der Waals surface area contributed by atoms with E-state index < -0.39 is 11.5 Å². The van der Waals surface area contributed by atoms with E-state index in [1.54, 1.807) is 23.9 Å². The van der Waals surface area contributed by atoms with Gasteiger partial charge in [-0.05, 0) is 11.6 Å². The zero-order valence-corrected chi connectivity index (χ0v) is 22.5. The van der Waals surface area contributed by atoms with Crippen LogP contribution >= 0.6 is 22.9 Å². The molecule has 3 aromatic heterocycles. The summed E-state index contributed by atoms with van der Waals surface area (Å²) in [6.45, 7) is 0.654. The number of amides is 1. The van der Waals surface area contributed by atoms with E-state index in [0.29, 0.717) is 22.3 Å². The number of hydrogen-bond donors (Lipinski definition) is 2. The monoisotopic (exact) mass is 559 g/mol. The lowest BCUT2D eigenvalue weighted by molar-refractivity contribution is 0.0990. The summed E-state index contributed by atoms with van der Waals surface area (Å²) < 4.78 is 23.1. The molecule has 0 unspecified atom stereocenters. The summed E-state index contributed by atoms with van der Waals surface area (Å²) in [4.78, 5) is 25.9. The number of anilines is 2. The lowest BCUT2D eigenvalue weighted by Gasteiger charge is -2.21. The number of ether oxygens (including phenoxy) is 3. The third-order valence-electron chi connectivity index (χ3n) is 5.40. The van der Waals surface area contributed by atoms with Gasteiger partial charge in [0.15, 0.2) is 10.8 Å². The van der Waals surface area contributed by atoms with Gasteiger partial charge in [-0.2, -0.15) is 0 Å². The summed E-state index contributed by atoms with van der Waals surface area (Å²) >= 11 is 7.37. The fourth-order valence-corrected chi connectivity index (χ4v) is 4.78. The van der Waals surface area contributed by atoms with Crippen LogP contribution in [0.1, 0.15) is 22.2 Å². The van der Waals surface area contributed by atoms with Crippen LogP contribution in [0.2, 0.25) is 5.02 Å². The molecule has 1 atom stereocenters. The van der Waals surface area contributed by atoms with Gasteiger partial charge in [-0.15, -0.1) is 10.2 Å². The minimum Gasteiger partial charge on any atom is -0.483 e. The van der Waals surface area contributed by atoms with Crippen LogP contribution < -0.4 is 21.0 Å². The van der Waals surface area contributed by atoms with E-state index in [1.165, 1.54) is 13.2 Å². The second-order valence-electron chi connectivity index (χ2n) is 8.03. The predicted molar refractivity (Wildman–Crippen MR) is 144 cm³/mol. The van der Waals surface area contributed by atoms with Crippen LogP contribution in [0.15, 0.2) is 57.9 Å². The molecule has 0 aliphatic heterocycles. The summed E-state index contributed by atoms with van der Waals surface area (Å²) in [6.07, 6.45) is 1.79. The third-order valence-corrected chi connectivity index (χ3v) is 6.55. The Morgan fingerprint density at radius 2 is 1.95 bits per heavy atom. The zero-order valence-electron chi connectivity index (χ0n) is 20.9. The molecule has 4 rings (SSSR count). The topological polar surface area (TPSA) is 130 Å². The van der Waals surface area contributed by atoms with E-state index >= 15 is 0 Å². The maximum atomic E-state index is 13.1. The molecule has 1 amide bonds. The molecule has 11 nitrogen and oxygen atoms in total. The smallest absolute Gasteiger partial charge is 0.381 e. The van der Waals surface area contributed by atoms with Crippen LogP contribution in [0.5, 0.6) is 5.75 Å². The molecular weight excluding hydrogens is 534 g/mol.